The van der Waals surface area contributed by atoms with Gasteiger partial charge in [0.05, 0.1) is 11.6 Å². The maximum Gasteiger partial charge on any atom is 0.218 e. The van der Waals surface area contributed by atoms with Crippen LogP contribution in [0.4, 0.5) is 10.2 Å². The summed E-state index contributed by atoms with van der Waals surface area (Å²) in [5.41, 5.74) is 3.33. The van der Waals surface area contributed by atoms with Gasteiger partial charge in [0.25, 0.3) is 0 Å². The summed E-state index contributed by atoms with van der Waals surface area (Å²) in [4.78, 5) is 20.2. The van der Waals surface area contributed by atoms with Gasteiger partial charge in [0.2, 0.25) is 5.96 Å². The fraction of sp³-hybridized carbons (Fsp3) is 0.333. The van der Waals surface area contributed by atoms with Gasteiger partial charge in [0.15, 0.2) is 0 Å². The summed E-state index contributed by atoms with van der Waals surface area (Å²) in [6.07, 6.45) is 9.37. The predicted molar refractivity (Wildman–Crippen MR) is 129 cm³/mol. The number of anilines is 1. The van der Waals surface area contributed by atoms with Gasteiger partial charge in [-0.2, -0.15) is 0 Å². The van der Waals surface area contributed by atoms with Gasteiger partial charge in [-0.05, 0) is 44.9 Å². The molecule has 1 aromatic carbocycles. The number of aryl methyl sites for hydroxylation is 1. The number of allylic oxidation sites excluding steroid dienone is 3. The molecule has 1 aromatic heterocycles. The quantitative estimate of drug-likeness (QED) is 0.738. The molecule has 2 aromatic rings. The van der Waals surface area contributed by atoms with Crippen LogP contribution in [-0.4, -0.2) is 47.3 Å². The number of aliphatic imine (C=N–C) groups is 2. The fourth-order valence-electron chi connectivity index (χ4n) is 3.86. The third-order valence-electron chi connectivity index (χ3n) is 5.57. The van der Waals surface area contributed by atoms with Crippen molar-refractivity contribution in [3.63, 3.8) is 0 Å². The molecule has 0 aliphatic carbocycles. The second-order valence-electron chi connectivity index (χ2n) is 7.92. The summed E-state index contributed by atoms with van der Waals surface area (Å²) in [6, 6.07) is 6.71. The highest BCUT2D eigenvalue weighted by molar-refractivity contribution is 6.36. The fourth-order valence-corrected chi connectivity index (χ4v) is 4.13. The standard InChI is InChI=1S/C24H26ClFN6/c1-16-13-23(29-15-28-16)32-11-8-19(9-12-32)31-24-27-10-4-3-5-20(17(2)30-24)21-7-6-18(26)14-22(21)25/h3-7,13-15,19H,8-12H2,1-2H3,(H,27,31)/b4-3+,20-5?,30-17?. The highest BCUT2D eigenvalue weighted by Crippen LogP contribution is 2.26. The minimum atomic E-state index is -0.361. The van der Waals surface area contributed by atoms with Crippen molar-refractivity contribution in [1.82, 2.24) is 15.3 Å². The Balaban J connectivity index is 1.46. The highest BCUT2D eigenvalue weighted by atomic mass is 35.5. The molecule has 2 aliphatic heterocycles. The monoisotopic (exact) mass is 452 g/mol. The number of hydrogen-bond donors (Lipinski definition) is 1. The number of nitrogens with zero attached hydrogens (tertiary/aromatic N) is 5. The molecule has 0 radical (unpaired) electrons. The first-order chi connectivity index (χ1) is 15.5. The van der Waals surface area contributed by atoms with Crippen LogP contribution in [0.2, 0.25) is 5.02 Å². The summed E-state index contributed by atoms with van der Waals surface area (Å²) >= 11 is 6.31. The van der Waals surface area contributed by atoms with E-state index in [1.807, 2.05) is 38.1 Å². The van der Waals surface area contributed by atoms with E-state index in [1.165, 1.54) is 12.1 Å². The maximum atomic E-state index is 13.5. The zero-order valence-corrected chi connectivity index (χ0v) is 19.0. The van der Waals surface area contributed by atoms with Crippen molar-refractivity contribution in [2.24, 2.45) is 9.98 Å². The molecule has 1 fully saturated rings. The van der Waals surface area contributed by atoms with E-state index in [4.69, 9.17) is 16.6 Å². The number of halogens is 2. The van der Waals surface area contributed by atoms with Crippen molar-refractivity contribution in [2.75, 3.05) is 24.5 Å². The molecule has 166 valence electrons. The molecular weight excluding hydrogens is 427 g/mol. The second kappa shape index (κ2) is 10.0. The molecule has 4 rings (SSSR count). The average molecular weight is 453 g/mol. The summed E-state index contributed by atoms with van der Waals surface area (Å²) in [5.74, 6) is 1.22. The number of guanidine groups is 1. The molecule has 8 heteroatoms. The van der Waals surface area contributed by atoms with Crippen LogP contribution in [0.15, 0.2) is 58.8 Å². The molecule has 6 nitrogen and oxygen atoms in total. The molecule has 1 N–H and O–H groups in total. The molecule has 32 heavy (non-hydrogen) atoms. The van der Waals surface area contributed by atoms with E-state index in [1.54, 1.807) is 12.4 Å². The summed E-state index contributed by atoms with van der Waals surface area (Å²) in [5, 5.41) is 3.87. The van der Waals surface area contributed by atoms with Crippen molar-refractivity contribution in [1.29, 1.82) is 0 Å². The lowest BCUT2D eigenvalue weighted by Crippen LogP contribution is -2.44. The highest BCUT2D eigenvalue weighted by Gasteiger charge is 2.21. The lowest BCUT2D eigenvalue weighted by Gasteiger charge is -2.33. The summed E-state index contributed by atoms with van der Waals surface area (Å²) in [7, 11) is 0. The van der Waals surface area contributed by atoms with Crippen LogP contribution >= 0.6 is 11.6 Å². The third kappa shape index (κ3) is 5.40. The molecule has 0 amide bonds. The van der Waals surface area contributed by atoms with E-state index >= 15 is 0 Å². The van der Waals surface area contributed by atoms with Crippen LogP contribution in [0.1, 0.15) is 31.0 Å². The first-order valence-electron chi connectivity index (χ1n) is 10.7. The average Bonchev–Trinajstić information content (AvgIpc) is 2.85. The van der Waals surface area contributed by atoms with E-state index in [9.17, 15) is 4.39 Å². The van der Waals surface area contributed by atoms with Gasteiger partial charge >= 0.3 is 0 Å². The lowest BCUT2D eigenvalue weighted by atomic mass is 10.0. The van der Waals surface area contributed by atoms with Gasteiger partial charge in [-0.15, -0.1) is 0 Å². The van der Waals surface area contributed by atoms with E-state index in [2.05, 4.69) is 25.2 Å². The number of nitrogens with one attached hydrogen (secondary N) is 1. The Hall–Kier alpha value is -3.06. The number of aromatic nitrogens is 2. The first kappa shape index (κ1) is 22.1. The number of piperidine rings is 1. The van der Waals surface area contributed by atoms with Gasteiger partial charge in [-0.1, -0.05) is 29.8 Å². The number of rotatable bonds is 3. The van der Waals surface area contributed by atoms with Gasteiger partial charge < -0.3 is 10.2 Å². The van der Waals surface area contributed by atoms with Gasteiger partial charge in [0.1, 0.15) is 18.0 Å². The molecule has 3 heterocycles. The van der Waals surface area contributed by atoms with Crippen LogP contribution in [-0.2, 0) is 0 Å². The SMILES string of the molecule is CC1=NC(NC2CCN(c3cc(C)ncn3)CC2)=NC/C=C/C=C1c1ccc(F)cc1Cl. The molecule has 0 atom stereocenters. The Labute approximate surface area is 192 Å². The van der Waals surface area contributed by atoms with E-state index in [0.717, 1.165) is 54.3 Å². The Morgan fingerprint density at radius 2 is 1.94 bits per heavy atom. The molecule has 0 bridgehead atoms. The van der Waals surface area contributed by atoms with Crippen LogP contribution < -0.4 is 10.2 Å². The lowest BCUT2D eigenvalue weighted by molar-refractivity contribution is 0.463. The molecule has 0 spiro atoms. The molecule has 0 saturated carbocycles. The molecule has 1 saturated heterocycles. The van der Waals surface area contributed by atoms with Crippen LogP contribution in [0.25, 0.3) is 5.57 Å². The van der Waals surface area contributed by atoms with Gasteiger partial charge in [0, 0.05) is 47.7 Å². The largest absolute Gasteiger partial charge is 0.356 e. The zero-order chi connectivity index (χ0) is 22.5. The second-order valence-corrected chi connectivity index (χ2v) is 8.32. The third-order valence-corrected chi connectivity index (χ3v) is 5.88. The van der Waals surface area contributed by atoms with Gasteiger partial charge in [-0.3, -0.25) is 0 Å². The maximum absolute atomic E-state index is 13.5. The minimum absolute atomic E-state index is 0.274. The first-order valence-corrected chi connectivity index (χ1v) is 11.1. The van der Waals surface area contributed by atoms with Crippen LogP contribution in [0.3, 0.4) is 0 Å². The molecular formula is C24H26ClFN6. The topological polar surface area (TPSA) is 65.8 Å². The van der Waals surface area contributed by atoms with Gasteiger partial charge in [-0.25, -0.2) is 24.3 Å². The van der Waals surface area contributed by atoms with Crippen molar-refractivity contribution in [3.05, 3.63) is 70.9 Å². The van der Waals surface area contributed by atoms with Crippen molar-refractivity contribution in [2.45, 2.75) is 32.7 Å². The zero-order valence-electron chi connectivity index (χ0n) is 18.2. The Morgan fingerprint density at radius 3 is 2.69 bits per heavy atom. The normalized spacial score (nSPS) is 18.6. The van der Waals surface area contributed by atoms with Crippen molar-refractivity contribution >= 4 is 34.7 Å². The minimum Gasteiger partial charge on any atom is -0.356 e. The van der Waals surface area contributed by atoms with E-state index < -0.39 is 0 Å². The Morgan fingerprint density at radius 1 is 1.12 bits per heavy atom. The Bertz CT molecular complexity index is 1100. The summed E-state index contributed by atoms with van der Waals surface area (Å²) in [6.45, 7) is 6.23. The number of hydrogen-bond acceptors (Lipinski definition) is 6. The van der Waals surface area contributed by atoms with Crippen LogP contribution in [0.5, 0.6) is 0 Å². The molecule has 2 aliphatic rings. The number of benzene rings is 1. The van der Waals surface area contributed by atoms with Crippen LogP contribution in [0, 0.1) is 12.7 Å². The predicted octanol–water partition coefficient (Wildman–Crippen LogP) is 4.61. The molecule has 0 unspecified atom stereocenters. The van der Waals surface area contributed by atoms with Crippen molar-refractivity contribution < 1.29 is 4.39 Å². The summed E-state index contributed by atoms with van der Waals surface area (Å²) < 4.78 is 13.5. The van der Waals surface area contributed by atoms with E-state index in [0.29, 0.717) is 17.5 Å². The van der Waals surface area contributed by atoms with Crippen molar-refractivity contribution in [3.8, 4) is 0 Å². The smallest absolute Gasteiger partial charge is 0.218 e. The Kier molecular flexibility index (Phi) is 6.95. The van der Waals surface area contributed by atoms with E-state index in [-0.39, 0.29) is 11.9 Å².